The molecule has 0 radical (unpaired) electrons. The van der Waals surface area contributed by atoms with Crippen LogP contribution in [0.3, 0.4) is 0 Å². The number of halogens is 1. The number of benzene rings is 1. The van der Waals surface area contributed by atoms with E-state index in [1.807, 2.05) is 0 Å². The van der Waals surface area contributed by atoms with Gasteiger partial charge in [0.15, 0.2) is 5.69 Å². The molecule has 102 valence electrons. The molecule has 1 fully saturated rings. The molecular weight excluding hydrogens is 241 g/mol. The summed E-state index contributed by atoms with van der Waals surface area (Å²) >= 11 is 0. The molecule has 1 saturated heterocycles. The van der Waals surface area contributed by atoms with Gasteiger partial charge in [0, 0.05) is 31.7 Å². The summed E-state index contributed by atoms with van der Waals surface area (Å²) in [5, 5.41) is 0. The van der Waals surface area contributed by atoms with E-state index in [0.29, 0.717) is 11.4 Å². The molecule has 0 spiro atoms. The zero-order valence-electron chi connectivity index (χ0n) is 11.8. The van der Waals surface area contributed by atoms with Gasteiger partial charge in [0.25, 0.3) is 0 Å². The molecule has 1 aliphatic rings. The van der Waals surface area contributed by atoms with Crippen molar-refractivity contribution in [2.24, 2.45) is 0 Å². The Balaban J connectivity index is 2.08. The van der Waals surface area contributed by atoms with Gasteiger partial charge >= 0.3 is 0 Å². The fourth-order valence-corrected chi connectivity index (χ4v) is 2.44. The van der Waals surface area contributed by atoms with Gasteiger partial charge < -0.3 is 4.90 Å². The molecule has 0 saturated carbocycles. The molecule has 0 aromatic heterocycles. The van der Waals surface area contributed by atoms with E-state index in [0.717, 1.165) is 26.2 Å². The van der Waals surface area contributed by atoms with Crippen LogP contribution in [0.2, 0.25) is 0 Å². The van der Waals surface area contributed by atoms with Crippen LogP contribution < -0.4 is 4.90 Å². The molecule has 0 bridgehead atoms. The summed E-state index contributed by atoms with van der Waals surface area (Å²) in [5.41, 5.74) is 1.13. The van der Waals surface area contributed by atoms with E-state index in [9.17, 15) is 4.39 Å². The summed E-state index contributed by atoms with van der Waals surface area (Å²) in [4.78, 5) is 7.72. The second-order valence-corrected chi connectivity index (χ2v) is 5.89. The van der Waals surface area contributed by atoms with E-state index in [-0.39, 0.29) is 11.4 Å². The number of hydrogen-bond acceptors (Lipinski definition) is 2. The highest BCUT2D eigenvalue weighted by Gasteiger charge is 2.26. The summed E-state index contributed by atoms with van der Waals surface area (Å²) in [6.45, 7) is 17.0. The van der Waals surface area contributed by atoms with Crippen LogP contribution in [0.15, 0.2) is 18.2 Å². The minimum absolute atomic E-state index is 0.165. The lowest BCUT2D eigenvalue weighted by molar-refractivity contribution is 0.128. The van der Waals surface area contributed by atoms with Crippen LogP contribution in [0.5, 0.6) is 0 Å². The number of anilines is 1. The van der Waals surface area contributed by atoms with Crippen molar-refractivity contribution in [1.29, 1.82) is 0 Å². The van der Waals surface area contributed by atoms with Gasteiger partial charge in [-0.2, -0.15) is 0 Å². The Labute approximate surface area is 114 Å². The van der Waals surface area contributed by atoms with Gasteiger partial charge in [-0.15, -0.1) is 0 Å². The molecule has 0 unspecified atom stereocenters. The number of piperazine rings is 1. The van der Waals surface area contributed by atoms with Crippen molar-refractivity contribution >= 4 is 11.4 Å². The maximum Gasteiger partial charge on any atom is 0.190 e. The number of hydrogen-bond donors (Lipinski definition) is 0. The summed E-state index contributed by atoms with van der Waals surface area (Å²) in [6.07, 6.45) is 0. The SMILES string of the molecule is [C-]#[N+]c1ccc(N2CCN(C(C)(C)C)CC2)c(F)c1. The van der Waals surface area contributed by atoms with Gasteiger partial charge in [0.1, 0.15) is 5.82 Å². The molecule has 1 aromatic rings. The van der Waals surface area contributed by atoms with Crippen LogP contribution in [0.25, 0.3) is 4.85 Å². The highest BCUT2D eigenvalue weighted by Crippen LogP contribution is 2.26. The minimum atomic E-state index is -0.294. The highest BCUT2D eigenvalue weighted by molar-refractivity contribution is 5.57. The van der Waals surface area contributed by atoms with Crippen LogP contribution >= 0.6 is 0 Å². The lowest BCUT2D eigenvalue weighted by atomic mass is 10.0. The average Bonchev–Trinajstić information content (AvgIpc) is 2.37. The van der Waals surface area contributed by atoms with Crippen molar-refractivity contribution in [3.63, 3.8) is 0 Å². The Morgan fingerprint density at radius 3 is 2.26 bits per heavy atom. The Morgan fingerprint density at radius 2 is 1.79 bits per heavy atom. The summed E-state index contributed by atoms with van der Waals surface area (Å²) in [5.74, 6) is -0.294. The summed E-state index contributed by atoms with van der Waals surface area (Å²) < 4.78 is 14.0. The van der Waals surface area contributed by atoms with Gasteiger partial charge in [-0.05, 0) is 32.9 Å². The van der Waals surface area contributed by atoms with Gasteiger partial charge in [-0.25, -0.2) is 9.24 Å². The summed E-state index contributed by atoms with van der Waals surface area (Å²) in [6, 6.07) is 4.72. The van der Waals surface area contributed by atoms with E-state index in [2.05, 4.69) is 35.4 Å². The van der Waals surface area contributed by atoms with Crippen LogP contribution in [0, 0.1) is 12.4 Å². The fourth-order valence-electron chi connectivity index (χ4n) is 2.44. The zero-order valence-corrected chi connectivity index (χ0v) is 11.8. The van der Waals surface area contributed by atoms with Crippen molar-refractivity contribution in [3.8, 4) is 0 Å². The van der Waals surface area contributed by atoms with Gasteiger partial charge in [-0.3, -0.25) is 4.90 Å². The largest absolute Gasteiger partial charge is 0.367 e. The lowest BCUT2D eigenvalue weighted by Crippen LogP contribution is -2.53. The van der Waals surface area contributed by atoms with E-state index < -0.39 is 0 Å². The Bertz CT molecular complexity index is 491. The Kier molecular flexibility index (Phi) is 3.77. The molecule has 0 aliphatic carbocycles. The first-order chi connectivity index (χ1) is 8.91. The molecule has 2 rings (SSSR count). The molecule has 0 amide bonds. The molecule has 1 aliphatic heterocycles. The van der Waals surface area contributed by atoms with Gasteiger partial charge in [0.2, 0.25) is 0 Å². The third-order valence-electron chi connectivity index (χ3n) is 3.63. The molecule has 0 N–H and O–H groups in total. The van der Waals surface area contributed by atoms with E-state index in [1.165, 1.54) is 6.07 Å². The Morgan fingerprint density at radius 1 is 1.16 bits per heavy atom. The average molecular weight is 261 g/mol. The molecule has 4 heteroatoms. The van der Waals surface area contributed by atoms with E-state index in [4.69, 9.17) is 6.57 Å². The maximum atomic E-state index is 14.0. The molecular formula is C15H20FN3. The first kappa shape index (κ1) is 13.8. The van der Waals surface area contributed by atoms with E-state index >= 15 is 0 Å². The van der Waals surface area contributed by atoms with Crippen molar-refractivity contribution in [1.82, 2.24) is 4.90 Å². The second-order valence-electron chi connectivity index (χ2n) is 5.89. The lowest BCUT2D eigenvalue weighted by Gasteiger charge is -2.43. The smallest absolute Gasteiger partial charge is 0.190 e. The van der Waals surface area contributed by atoms with Crippen LogP contribution in [0.1, 0.15) is 20.8 Å². The van der Waals surface area contributed by atoms with E-state index in [1.54, 1.807) is 12.1 Å². The number of nitrogens with zero attached hydrogens (tertiary/aromatic N) is 3. The topological polar surface area (TPSA) is 10.8 Å². The molecule has 0 atom stereocenters. The quantitative estimate of drug-likeness (QED) is 0.718. The summed E-state index contributed by atoms with van der Waals surface area (Å²) in [7, 11) is 0. The van der Waals surface area contributed by atoms with Crippen LogP contribution in [0.4, 0.5) is 15.8 Å². The fraction of sp³-hybridized carbons (Fsp3) is 0.533. The van der Waals surface area contributed by atoms with Crippen molar-refractivity contribution in [2.45, 2.75) is 26.3 Å². The first-order valence-electron chi connectivity index (χ1n) is 6.59. The van der Waals surface area contributed by atoms with Gasteiger partial charge in [0.05, 0.1) is 12.3 Å². The van der Waals surface area contributed by atoms with Crippen molar-refractivity contribution in [3.05, 3.63) is 35.4 Å². The standard InChI is InChI=1S/C15H20FN3/c1-15(2,3)19-9-7-18(8-10-19)14-6-5-12(17-4)11-13(14)16/h5-6,11H,7-10H2,1-3H3. The molecule has 3 nitrogen and oxygen atoms in total. The third-order valence-corrected chi connectivity index (χ3v) is 3.63. The first-order valence-corrected chi connectivity index (χ1v) is 6.59. The van der Waals surface area contributed by atoms with Crippen molar-refractivity contribution < 1.29 is 4.39 Å². The predicted octanol–water partition coefficient (Wildman–Crippen LogP) is 3.30. The Hall–Kier alpha value is -1.60. The number of rotatable bonds is 1. The monoisotopic (exact) mass is 261 g/mol. The minimum Gasteiger partial charge on any atom is -0.367 e. The highest BCUT2D eigenvalue weighted by atomic mass is 19.1. The zero-order chi connectivity index (χ0) is 14.0. The van der Waals surface area contributed by atoms with Crippen molar-refractivity contribution in [2.75, 3.05) is 31.1 Å². The second kappa shape index (κ2) is 5.18. The molecule has 1 aromatic carbocycles. The van der Waals surface area contributed by atoms with Crippen LogP contribution in [-0.2, 0) is 0 Å². The van der Waals surface area contributed by atoms with Crippen LogP contribution in [-0.4, -0.2) is 36.6 Å². The van der Waals surface area contributed by atoms with Gasteiger partial charge in [-0.1, -0.05) is 6.07 Å². The predicted molar refractivity (Wildman–Crippen MR) is 76.2 cm³/mol. The molecule has 1 heterocycles. The maximum absolute atomic E-state index is 14.0. The normalized spacial score (nSPS) is 17.3. The molecule has 19 heavy (non-hydrogen) atoms. The third kappa shape index (κ3) is 3.05.